The molecule has 1 aliphatic heterocycles. The minimum Gasteiger partial charge on any atom is -0.481 e. The molecule has 0 radical (unpaired) electrons. The van der Waals surface area contributed by atoms with Crippen LogP contribution in [0.25, 0.3) is 0 Å². The summed E-state index contributed by atoms with van der Waals surface area (Å²) in [6.07, 6.45) is 5.74. The average molecular weight is 733 g/mol. The van der Waals surface area contributed by atoms with Gasteiger partial charge in [0.2, 0.25) is 26.3 Å². The zero-order valence-electron chi connectivity index (χ0n) is 27.7. The lowest BCUT2D eigenvalue weighted by Crippen LogP contribution is -2.55. The number of hydrogen-bond donors (Lipinski definition) is 3. The summed E-state index contributed by atoms with van der Waals surface area (Å²) in [5.74, 6) is -7.17. The van der Waals surface area contributed by atoms with Crippen molar-refractivity contribution in [1.29, 1.82) is 0 Å². The third-order valence-corrected chi connectivity index (χ3v) is 12.6. The molecule has 1 saturated carbocycles. The summed E-state index contributed by atoms with van der Waals surface area (Å²) in [5, 5.41) is 8.93. The Bertz CT molecular complexity index is 1660. The number of likely N-dealkylation sites (N-methyl/N-ethyl adjacent to an activating group) is 1. The standard InChI is InChI=1S/C32H39F3N8O5SSi/c1-42-12-14-43(15-13-42)29(45)25(38-28(44)26-19-37-41-49-26)17-20-8-10-24(23(33)16-20)39-31(47)50(22-6-4-3-5-7-22)40-30(46)32(34,35)21-9-11-27(48-2)36-18-21/h8-11,16,18-19,22,25,50H,3-7,12-15,17H2,1-2H3,(H,38,44)(H,39,47)(H,40,46)/t25-,50+/m1/s1. The Balaban J connectivity index is 1.31. The maximum absolute atomic E-state index is 15.6. The molecule has 2 fully saturated rings. The fourth-order valence-corrected chi connectivity index (χ4v) is 9.22. The molecule has 4 amide bonds. The van der Waals surface area contributed by atoms with E-state index in [-0.39, 0.29) is 34.3 Å². The van der Waals surface area contributed by atoms with E-state index in [0.717, 1.165) is 49.1 Å². The molecule has 18 heteroatoms. The Morgan fingerprint density at radius 2 is 1.80 bits per heavy atom. The number of hydrogen-bond acceptors (Lipinski definition) is 10. The van der Waals surface area contributed by atoms with Gasteiger partial charge >= 0.3 is 5.92 Å². The molecule has 268 valence electrons. The summed E-state index contributed by atoms with van der Waals surface area (Å²) in [4.78, 5) is 63.1. The largest absolute Gasteiger partial charge is 0.481 e. The molecule has 0 bridgehead atoms. The van der Waals surface area contributed by atoms with E-state index in [4.69, 9.17) is 4.74 Å². The van der Waals surface area contributed by atoms with E-state index in [1.807, 2.05) is 7.05 Å². The molecule has 0 spiro atoms. The molecule has 13 nitrogen and oxygen atoms in total. The van der Waals surface area contributed by atoms with Crippen molar-refractivity contribution in [1.82, 2.24) is 34.7 Å². The second-order valence-electron chi connectivity index (χ2n) is 12.5. The van der Waals surface area contributed by atoms with Crippen LogP contribution in [0.15, 0.2) is 42.7 Å². The van der Waals surface area contributed by atoms with Crippen molar-refractivity contribution in [3.05, 3.63) is 64.5 Å². The number of alkyl halides is 2. The highest BCUT2D eigenvalue weighted by Crippen LogP contribution is 2.33. The molecule has 0 unspecified atom stereocenters. The number of halogens is 3. The molecule has 3 aromatic rings. The highest BCUT2D eigenvalue weighted by molar-refractivity contribution is 7.07. The Morgan fingerprint density at radius 3 is 2.42 bits per heavy atom. The van der Waals surface area contributed by atoms with Crippen molar-refractivity contribution in [3.8, 4) is 5.88 Å². The van der Waals surface area contributed by atoms with Crippen molar-refractivity contribution < 1.29 is 37.1 Å². The van der Waals surface area contributed by atoms with E-state index in [1.165, 1.54) is 31.5 Å². The first-order valence-corrected chi connectivity index (χ1v) is 18.9. The van der Waals surface area contributed by atoms with E-state index in [2.05, 4.69) is 35.1 Å². The molecule has 1 aliphatic carbocycles. The maximum atomic E-state index is 15.6. The fraction of sp³-hybridized carbons (Fsp3) is 0.469. The third-order valence-electron chi connectivity index (χ3n) is 9.02. The van der Waals surface area contributed by atoms with Crippen molar-refractivity contribution >= 4 is 49.4 Å². The first-order chi connectivity index (χ1) is 24.0. The Morgan fingerprint density at radius 1 is 1.06 bits per heavy atom. The SMILES string of the molecule is COc1ccc(C(F)(F)C(=O)N[Si@H](C(=O)Nc2ccc(C[C@@H](NC(=O)c3cnns3)C(=O)N3CCN(C)CC3)cc2F)C2CCCCC2)cn1. The van der Waals surface area contributed by atoms with E-state index >= 15 is 13.2 Å². The van der Waals surface area contributed by atoms with E-state index in [0.29, 0.717) is 44.6 Å². The van der Waals surface area contributed by atoms with Gasteiger partial charge in [-0.15, -0.1) is 5.10 Å². The molecule has 1 saturated heterocycles. The number of benzene rings is 1. The molecule has 5 rings (SSSR count). The van der Waals surface area contributed by atoms with Crippen LogP contribution in [-0.2, 0) is 21.9 Å². The number of piperazine rings is 1. The molecular weight excluding hydrogens is 694 g/mol. The lowest BCUT2D eigenvalue weighted by atomic mass is 10.0. The number of rotatable bonds is 12. The zero-order chi connectivity index (χ0) is 35.8. The highest BCUT2D eigenvalue weighted by Gasteiger charge is 2.45. The number of nitrogens with zero attached hydrogens (tertiary/aromatic N) is 5. The minimum atomic E-state index is -3.98. The maximum Gasteiger partial charge on any atom is 0.350 e. The van der Waals surface area contributed by atoms with Gasteiger partial charge in [-0.05, 0) is 47.9 Å². The number of carbonyl (C=O) groups is 4. The molecule has 2 aliphatic rings. The Kier molecular flexibility index (Phi) is 12.2. The van der Waals surface area contributed by atoms with Crippen LogP contribution in [0.1, 0.15) is 52.9 Å². The molecule has 50 heavy (non-hydrogen) atoms. The number of amides is 4. The number of anilines is 1. The van der Waals surface area contributed by atoms with Crippen molar-refractivity contribution in [2.24, 2.45) is 0 Å². The van der Waals surface area contributed by atoms with Crippen LogP contribution in [0, 0.1) is 5.82 Å². The van der Waals surface area contributed by atoms with Gasteiger partial charge in [-0.25, -0.2) is 9.37 Å². The summed E-state index contributed by atoms with van der Waals surface area (Å²) in [6.45, 7) is 2.26. The van der Waals surface area contributed by atoms with E-state index < -0.39 is 49.6 Å². The van der Waals surface area contributed by atoms with Crippen LogP contribution >= 0.6 is 11.5 Å². The lowest BCUT2D eigenvalue weighted by Gasteiger charge is -2.34. The van der Waals surface area contributed by atoms with Gasteiger partial charge in [0.05, 0.1) is 19.0 Å². The van der Waals surface area contributed by atoms with Crippen molar-refractivity contribution in [3.63, 3.8) is 0 Å². The molecule has 2 atom stereocenters. The molecule has 2 aromatic heterocycles. The zero-order valence-corrected chi connectivity index (χ0v) is 29.6. The quantitative estimate of drug-likeness (QED) is 0.238. The summed E-state index contributed by atoms with van der Waals surface area (Å²) in [5.41, 5.74) is -1.49. The van der Waals surface area contributed by atoms with Crippen LogP contribution in [-0.4, -0.2) is 103 Å². The van der Waals surface area contributed by atoms with Crippen molar-refractivity contribution in [2.45, 2.75) is 56.0 Å². The average Bonchev–Trinajstić information content (AvgIpc) is 3.67. The van der Waals surface area contributed by atoms with E-state index in [1.54, 1.807) is 4.90 Å². The Labute approximate surface area is 292 Å². The van der Waals surface area contributed by atoms with Crippen LogP contribution < -0.4 is 20.4 Å². The molecule has 1 aromatic carbocycles. The normalized spacial score (nSPS) is 17.0. The molecule has 3 heterocycles. The fourth-order valence-electron chi connectivity index (χ4n) is 6.09. The van der Waals surface area contributed by atoms with Crippen molar-refractivity contribution in [2.75, 3.05) is 45.7 Å². The number of ether oxygens (including phenoxy) is 1. The first-order valence-electron chi connectivity index (χ1n) is 16.3. The summed E-state index contributed by atoms with van der Waals surface area (Å²) in [7, 11) is 0.120. The third kappa shape index (κ3) is 9.02. The highest BCUT2D eigenvalue weighted by atomic mass is 32.1. The second kappa shape index (κ2) is 16.5. The number of methoxy groups -OCH3 is 1. The van der Waals surface area contributed by atoms with Gasteiger partial charge in [-0.1, -0.05) is 42.7 Å². The van der Waals surface area contributed by atoms with Gasteiger partial charge in [0.1, 0.15) is 16.7 Å². The van der Waals surface area contributed by atoms with Gasteiger partial charge in [-0.3, -0.25) is 19.2 Å². The summed E-state index contributed by atoms with van der Waals surface area (Å²) >= 11 is 0.877. The predicted octanol–water partition coefficient (Wildman–Crippen LogP) is 3.28. The number of carbonyl (C=O) groups excluding carboxylic acids is 4. The van der Waals surface area contributed by atoms with Crippen LogP contribution in [0.4, 0.5) is 23.7 Å². The lowest BCUT2D eigenvalue weighted by molar-refractivity contribution is -0.145. The van der Waals surface area contributed by atoms with Gasteiger partial charge in [0, 0.05) is 50.4 Å². The number of nitrogens with one attached hydrogen (secondary N) is 3. The van der Waals surface area contributed by atoms with Gasteiger partial charge < -0.3 is 30.2 Å². The molecular formula is C32H39F3N8O5SSi. The number of pyridine rings is 1. The topological polar surface area (TPSA) is 159 Å². The number of aromatic nitrogens is 3. The first kappa shape index (κ1) is 36.8. The van der Waals surface area contributed by atoms with Gasteiger partial charge in [-0.2, -0.15) is 8.78 Å². The molecule has 3 N–H and O–H groups in total. The van der Waals surface area contributed by atoms with Gasteiger partial charge in [0.25, 0.3) is 11.8 Å². The van der Waals surface area contributed by atoms with Crippen LogP contribution in [0.5, 0.6) is 5.88 Å². The minimum absolute atomic E-state index is 0.0426. The predicted molar refractivity (Wildman–Crippen MR) is 181 cm³/mol. The summed E-state index contributed by atoms with van der Waals surface area (Å²) < 4.78 is 54.6. The Hall–Kier alpha value is -4.42. The smallest absolute Gasteiger partial charge is 0.350 e. The monoisotopic (exact) mass is 732 g/mol. The summed E-state index contributed by atoms with van der Waals surface area (Å²) in [6, 6.07) is 5.22. The van der Waals surface area contributed by atoms with Crippen LogP contribution in [0.2, 0.25) is 5.54 Å². The van der Waals surface area contributed by atoms with E-state index in [9.17, 15) is 19.2 Å². The van der Waals surface area contributed by atoms with Gasteiger partial charge in [0.15, 0.2) is 0 Å². The van der Waals surface area contributed by atoms with Crippen LogP contribution in [0.3, 0.4) is 0 Å². The second-order valence-corrected chi connectivity index (χ2v) is 16.0.